The van der Waals surface area contributed by atoms with E-state index in [2.05, 4.69) is 15.7 Å². The van der Waals surface area contributed by atoms with E-state index in [1.165, 1.54) is 0 Å². The first-order valence-electron chi connectivity index (χ1n) is 5.72. The van der Waals surface area contributed by atoms with Gasteiger partial charge in [-0.15, -0.1) is 0 Å². The summed E-state index contributed by atoms with van der Waals surface area (Å²) in [5.74, 6) is 0. The molecule has 5 nitrogen and oxygen atoms in total. The van der Waals surface area contributed by atoms with Gasteiger partial charge in [0.25, 0.3) is 0 Å². The minimum atomic E-state index is 0.779. The molecule has 0 aromatic carbocycles. The lowest BCUT2D eigenvalue weighted by molar-refractivity contribution is 0.199. The second-order valence-electron chi connectivity index (χ2n) is 3.75. The van der Waals surface area contributed by atoms with Gasteiger partial charge in [0.2, 0.25) is 0 Å². The first kappa shape index (κ1) is 13.2. The number of methoxy groups -OCH3 is 1. The van der Waals surface area contributed by atoms with Gasteiger partial charge in [0.15, 0.2) is 0 Å². The van der Waals surface area contributed by atoms with Crippen molar-refractivity contribution in [3.63, 3.8) is 0 Å². The van der Waals surface area contributed by atoms with Crippen molar-refractivity contribution in [1.82, 2.24) is 20.4 Å². The van der Waals surface area contributed by atoms with Gasteiger partial charge in [-0.05, 0) is 25.6 Å². The van der Waals surface area contributed by atoms with Crippen LogP contribution in [0.4, 0.5) is 0 Å². The Morgan fingerprint density at radius 2 is 2.12 bits per heavy atom. The van der Waals surface area contributed by atoms with Gasteiger partial charge in [0, 0.05) is 33.4 Å². The molecule has 2 N–H and O–H groups in total. The van der Waals surface area contributed by atoms with Crippen LogP contribution in [0.3, 0.4) is 0 Å². The van der Waals surface area contributed by atoms with Crippen LogP contribution in [0.15, 0.2) is 12.3 Å². The Balaban J connectivity index is 1.88. The summed E-state index contributed by atoms with van der Waals surface area (Å²) >= 11 is 0. The molecule has 0 spiro atoms. The number of hydrogen-bond acceptors (Lipinski definition) is 4. The molecule has 1 aromatic heterocycles. The van der Waals surface area contributed by atoms with E-state index in [0.717, 1.165) is 44.9 Å². The van der Waals surface area contributed by atoms with Gasteiger partial charge >= 0.3 is 0 Å². The van der Waals surface area contributed by atoms with E-state index in [1.807, 2.05) is 24.0 Å². The van der Waals surface area contributed by atoms with Crippen molar-refractivity contribution in [2.45, 2.75) is 13.0 Å². The number of hydrogen-bond donors (Lipinski definition) is 2. The van der Waals surface area contributed by atoms with Gasteiger partial charge in [-0.1, -0.05) is 0 Å². The Morgan fingerprint density at radius 3 is 2.81 bits per heavy atom. The molecule has 1 aromatic rings. The van der Waals surface area contributed by atoms with Crippen LogP contribution in [-0.4, -0.2) is 43.1 Å². The molecular formula is C11H22N4O. The van der Waals surface area contributed by atoms with E-state index < -0.39 is 0 Å². The predicted octanol–water partition coefficient (Wildman–Crippen LogP) is 0.136. The summed E-state index contributed by atoms with van der Waals surface area (Å²) in [6, 6.07) is 2.03. The Bertz CT molecular complexity index is 275. The van der Waals surface area contributed by atoms with Crippen molar-refractivity contribution in [2.24, 2.45) is 7.05 Å². The summed E-state index contributed by atoms with van der Waals surface area (Å²) < 4.78 is 6.76. The molecule has 5 heteroatoms. The Labute approximate surface area is 97.2 Å². The number of rotatable bonds is 9. The third kappa shape index (κ3) is 5.85. The number of aryl methyl sites for hydroxylation is 1. The van der Waals surface area contributed by atoms with Crippen molar-refractivity contribution in [1.29, 1.82) is 0 Å². The van der Waals surface area contributed by atoms with Gasteiger partial charge in [-0.2, -0.15) is 5.10 Å². The van der Waals surface area contributed by atoms with E-state index in [9.17, 15) is 0 Å². The van der Waals surface area contributed by atoms with Crippen LogP contribution in [0, 0.1) is 0 Å². The van der Waals surface area contributed by atoms with Crippen LogP contribution < -0.4 is 10.6 Å². The van der Waals surface area contributed by atoms with E-state index >= 15 is 0 Å². The van der Waals surface area contributed by atoms with Gasteiger partial charge in [-0.25, -0.2) is 0 Å². The molecule has 0 atom stereocenters. The molecule has 0 aliphatic carbocycles. The lowest BCUT2D eigenvalue weighted by Gasteiger charge is -2.04. The minimum absolute atomic E-state index is 0.779. The molecule has 1 rings (SSSR count). The van der Waals surface area contributed by atoms with Crippen molar-refractivity contribution in [2.75, 3.05) is 33.4 Å². The Morgan fingerprint density at radius 1 is 1.31 bits per heavy atom. The SMILES string of the molecule is COCCNCCCNCc1ccn(C)n1. The summed E-state index contributed by atoms with van der Waals surface area (Å²) in [7, 11) is 3.65. The Kier molecular flexibility index (Phi) is 6.80. The standard InChI is InChI=1S/C11H22N4O/c1-15-8-4-11(14-15)10-13-6-3-5-12-7-9-16-2/h4,8,12-13H,3,5-7,9-10H2,1-2H3. The fourth-order valence-electron chi connectivity index (χ4n) is 1.41. The summed E-state index contributed by atoms with van der Waals surface area (Å²) in [6.45, 7) is 4.59. The second-order valence-corrected chi connectivity index (χ2v) is 3.75. The topological polar surface area (TPSA) is 51.1 Å². The van der Waals surface area contributed by atoms with Crippen molar-refractivity contribution >= 4 is 0 Å². The largest absolute Gasteiger partial charge is 0.383 e. The highest BCUT2D eigenvalue weighted by Crippen LogP contribution is 1.92. The van der Waals surface area contributed by atoms with E-state index in [0.29, 0.717) is 0 Å². The third-order valence-electron chi connectivity index (χ3n) is 2.27. The summed E-state index contributed by atoms with van der Waals surface area (Å²) in [6.07, 6.45) is 3.08. The maximum Gasteiger partial charge on any atom is 0.0762 e. The predicted molar refractivity (Wildman–Crippen MR) is 64.3 cm³/mol. The molecule has 1 heterocycles. The summed E-state index contributed by atoms with van der Waals surface area (Å²) in [5.41, 5.74) is 1.09. The smallest absolute Gasteiger partial charge is 0.0762 e. The van der Waals surface area contributed by atoms with Crippen molar-refractivity contribution in [3.8, 4) is 0 Å². The molecular weight excluding hydrogens is 204 g/mol. The van der Waals surface area contributed by atoms with Gasteiger partial charge in [-0.3, -0.25) is 4.68 Å². The van der Waals surface area contributed by atoms with E-state index in [-0.39, 0.29) is 0 Å². The van der Waals surface area contributed by atoms with E-state index in [4.69, 9.17) is 4.74 Å². The molecule has 0 aliphatic heterocycles. The summed E-state index contributed by atoms with van der Waals surface area (Å²) in [5, 5.41) is 11.0. The summed E-state index contributed by atoms with van der Waals surface area (Å²) in [4.78, 5) is 0. The van der Waals surface area contributed by atoms with Gasteiger partial charge in [0.1, 0.15) is 0 Å². The van der Waals surface area contributed by atoms with Crippen LogP contribution >= 0.6 is 0 Å². The lowest BCUT2D eigenvalue weighted by Crippen LogP contribution is -2.24. The number of nitrogens with zero attached hydrogens (tertiary/aromatic N) is 2. The highest BCUT2D eigenvalue weighted by molar-refractivity contribution is 4.97. The highest BCUT2D eigenvalue weighted by atomic mass is 16.5. The quantitative estimate of drug-likeness (QED) is 0.588. The van der Waals surface area contributed by atoms with Crippen LogP contribution in [0.2, 0.25) is 0 Å². The average Bonchev–Trinajstić information content (AvgIpc) is 2.68. The molecule has 0 unspecified atom stereocenters. The molecule has 0 saturated carbocycles. The average molecular weight is 226 g/mol. The van der Waals surface area contributed by atoms with Gasteiger partial charge < -0.3 is 15.4 Å². The number of nitrogens with one attached hydrogen (secondary N) is 2. The first-order valence-corrected chi connectivity index (χ1v) is 5.72. The van der Waals surface area contributed by atoms with Crippen molar-refractivity contribution < 1.29 is 4.74 Å². The fraction of sp³-hybridized carbons (Fsp3) is 0.727. The third-order valence-corrected chi connectivity index (χ3v) is 2.27. The molecule has 16 heavy (non-hydrogen) atoms. The number of ether oxygens (including phenoxy) is 1. The fourth-order valence-corrected chi connectivity index (χ4v) is 1.41. The molecule has 0 amide bonds. The number of aromatic nitrogens is 2. The van der Waals surface area contributed by atoms with Crippen LogP contribution in [0.25, 0.3) is 0 Å². The van der Waals surface area contributed by atoms with Crippen LogP contribution in [-0.2, 0) is 18.3 Å². The van der Waals surface area contributed by atoms with Gasteiger partial charge in [0.05, 0.1) is 12.3 Å². The molecule has 0 radical (unpaired) electrons. The molecule has 92 valence electrons. The molecule has 0 aliphatic rings. The molecule has 0 bridgehead atoms. The first-order chi connectivity index (χ1) is 7.83. The zero-order valence-electron chi connectivity index (χ0n) is 10.2. The highest BCUT2D eigenvalue weighted by Gasteiger charge is 1.95. The normalized spacial score (nSPS) is 10.9. The molecule has 0 saturated heterocycles. The van der Waals surface area contributed by atoms with Crippen molar-refractivity contribution in [3.05, 3.63) is 18.0 Å². The minimum Gasteiger partial charge on any atom is -0.383 e. The maximum absolute atomic E-state index is 4.94. The maximum atomic E-state index is 4.94. The second kappa shape index (κ2) is 8.27. The molecule has 0 fully saturated rings. The monoisotopic (exact) mass is 226 g/mol. The van der Waals surface area contributed by atoms with Crippen LogP contribution in [0.1, 0.15) is 12.1 Å². The zero-order valence-corrected chi connectivity index (χ0v) is 10.2. The lowest BCUT2D eigenvalue weighted by atomic mass is 10.4. The van der Waals surface area contributed by atoms with E-state index in [1.54, 1.807) is 7.11 Å². The Hall–Kier alpha value is -0.910. The van der Waals surface area contributed by atoms with Crippen LogP contribution in [0.5, 0.6) is 0 Å². The zero-order chi connectivity index (χ0) is 11.6.